The van der Waals surface area contributed by atoms with Crippen molar-refractivity contribution in [2.24, 2.45) is 5.92 Å². The predicted octanol–water partition coefficient (Wildman–Crippen LogP) is 1.83. The maximum Gasteiger partial charge on any atom is 0.239 e. The van der Waals surface area contributed by atoms with E-state index in [-0.39, 0.29) is 0 Å². The van der Waals surface area contributed by atoms with Gasteiger partial charge in [0.25, 0.3) is 0 Å². The van der Waals surface area contributed by atoms with Crippen molar-refractivity contribution in [2.75, 3.05) is 24.2 Å². The van der Waals surface area contributed by atoms with Crippen LogP contribution in [0.2, 0.25) is 0 Å². The Bertz CT molecular complexity index is 551. The molecule has 0 atom stereocenters. The van der Waals surface area contributed by atoms with Gasteiger partial charge < -0.3 is 20.8 Å². The Morgan fingerprint density at radius 1 is 1.40 bits per heavy atom. The average Bonchev–Trinajstić information content (AvgIpc) is 3.14. The van der Waals surface area contributed by atoms with Crippen LogP contribution < -0.4 is 15.8 Å². The SMILES string of the molecule is Nc1ccc(NCCc2cnc[nH]2)nc1OCC1CC1. The van der Waals surface area contributed by atoms with E-state index >= 15 is 0 Å². The van der Waals surface area contributed by atoms with Gasteiger partial charge in [-0.25, -0.2) is 4.98 Å². The molecule has 6 nitrogen and oxygen atoms in total. The van der Waals surface area contributed by atoms with Crippen LogP contribution in [0, 0.1) is 5.92 Å². The molecule has 2 aromatic rings. The third kappa shape index (κ3) is 3.40. The normalized spacial score (nSPS) is 14.2. The summed E-state index contributed by atoms with van der Waals surface area (Å²) in [5.41, 5.74) is 7.56. The monoisotopic (exact) mass is 273 g/mol. The Hall–Kier alpha value is -2.24. The van der Waals surface area contributed by atoms with Gasteiger partial charge >= 0.3 is 0 Å². The standard InChI is InChI=1S/C14H19N5O/c15-12-3-4-13(17-6-5-11-7-16-9-18-11)19-14(12)20-8-10-1-2-10/h3-4,7,9-10H,1-2,5-6,8,15H2,(H,16,18)(H,17,19). The molecule has 1 aliphatic carbocycles. The highest BCUT2D eigenvalue weighted by atomic mass is 16.5. The van der Waals surface area contributed by atoms with Gasteiger partial charge in [0.15, 0.2) is 0 Å². The topological polar surface area (TPSA) is 88.8 Å². The number of pyridine rings is 1. The van der Waals surface area contributed by atoms with Gasteiger partial charge in [0, 0.05) is 24.9 Å². The molecular weight excluding hydrogens is 254 g/mol. The van der Waals surface area contributed by atoms with E-state index in [0.717, 1.165) is 31.1 Å². The van der Waals surface area contributed by atoms with E-state index in [9.17, 15) is 0 Å². The van der Waals surface area contributed by atoms with E-state index < -0.39 is 0 Å². The number of hydrogen-bond acceptors (Lipinski definition) is 5. The summed E-state index contributed by atoms with van der Waals surface area (Å²) in [5.74, 6) is 2.00. The molecular formula is C14H19N5O. The molecule has 3 rings (SSSR count). The van der Waals surface area contributed by atoms with Crippen molar-refractivity contribution in [2.45, 2.75) is 19.3 Å². The molecule has 0 spiro atoms. The minimum Gasteiger partial charge on any atom is -0.476 e. The van der Waals surface area contributed by atoms with E-state index in [0.29, 0.717) is 17.5 Å². The number of anilines is 2. The third-order valence-electron chi connectivity index (χ3n) is 3.30. The lowest BCUT2D eigenvalue weighted by Gasteiger charge is -2.10. The molecule has 2 aromatic heterocycles. The first kappa shape index (κ1) is 12.8. The Kier molecular flexibility index (Phi) is 3.71. The van der Waals surface area contributed by atoms with Gasteiger partial charge in [-0.1, -0.05) is 0 Å². The summed E-state index contributed by atoms with van der Waals surface area (Å²) in [4.78, 5) is 11.5. The van der Waals surface area contributed by atoms with Crippen LogP contribution in [0.3, 0.4) is 0 Å². The lowest BCUT2D eigenvalue weighted by atomic mass is 10.3. The number of H-pyrrole nitrogens is 1. The number of nitrogens with zero attached hydrogens (tertiary/aromatic N) is 2. The quantitative estimate of drug-likeness (QED) is 0.716. The van der Waals surface area contributed by atoms with Crippen molar-refractivity contribution < 1.29 is 4.74 Å². The van der Waals surface area contributed by atoms with Crippen molar-refractivity contribution >= 4 is 11.5 Å². The summed E-state index contributed by atoms with van der Waals surface area (Å²) in [6.45, 7) is 1.50. The Labute approximate surface area is 117 Å². The van der Waals surface area contributed by atoms with Gasteiger partial charge in [-0.3, -0.25) is 0 Å². The van der Waals surface area contributed by atoms with Crippen molar-refractivity contribution in [1.29, 1.82) is 0 Å². The molecule has 2 heterocycles. The molecule has 6 heteroatoms. The Balaban J connectivity index is 1.53. The second-order valence-corrected chi connectivity index (χ2v) is 5.10. The predicted molar refractivity (Wildman–Crippen MR) is 77.6 cm³/mol. The smallest absolute Gasteiger partial charge is 0.239 e. The van der Waals surface area contributed by atoms with E-state index in [2.05, 4.69) is 20.3 Å². The lowest BCUT2D eigenvalue weighted by molar-refractivity contribution is 0.290. The van der Waals surface area contributed by atoms with Crippen LogP contribution in [-0.2, 0) is 6.42 Å². The molecule has 1 saturated carbocycles. The minimum atomic E-state index is 0.531. The maximum absolute atomic E-state index is 5.87. The number of hydrogen-bond donors (Lipinski definition) is 3. The van der Waals surface area contributed by atoms with Crippen LogP contribution in [0.25, 0.3) is 0 Å². The number of nitrogens with one attached hydrogen (secondary N) is 2. The molecule has 1 aliphatic rings. The van der Waals surface area contributed by atoms with Crippen molar-refractivity contribution in [3.05, 3.63) is 30.4 Å². The summed E-state index contributed by atoms with van der Waals surface area (Å²) < 4.78 is 5.66. The van der Waals surface area contributed by atoms with Crippen LogP contribution in [-0.4, -0.2) is 28.1 Å². The lowest BCUT2D eigenvalue weighted by Crippen LogP contribution is -2.09. The van der Waals surface area contributed by atoms with Gasteiger partial charge in [0.05, 0.1) is 18.6 Å². The number of ether oxygens (including phenoxy) is 1. The maximum atomic E-state index is 5.87. The fourth-order valence-corrected chi connectivity index (χ4v) is 1.89. The average molecular weight is 273 g/mol. The van der Waals surface area contributed by atoms with E-state index in [1.54, 1.807) is 6.33 Å². The fourth-order valence-electron chi connectivity index (χ4n) is 1.89. The molecule has 0 saturated heterocycles. The Morgan fingerprint density at radius 3 is 3.05 bits per heavy atom. The van der Waals surface area contributed by atoms with Crippen LogP contribution in [0.15, 0.2) is 24.7 Å². The van der Waals surface area contributed by atoms with E-state index in [1.165, 1.54) is 12.8 Å². The summed E-state index contributed by atoms with van der Waals surface area (Å²) in [7, 11) is 0. The van der Waals surface area contributed by atoms with Crippen LogP contribution in [0.5, 0.6) is 5.88 Å². The number of nitrogens with two attached hydrogens (primary N) is 1. The van der Waals surface area contributed by atoms with E-state index in [1.807, 2.05) is 18.3 Å². The minimum absolute atomic E-state index is 0.531. The van der Waals surface area contributed by atoms with Gasteiger partial charge in [0.2, 0.25) is 5.88 Å². The molecule has 0 aliphatic heterocycles. The zero-order chi connectivity index (χ0) is 13.8. The Morgan fingerprint density at radius 2 is 2.30 bits per heavy atom. The number of nitrogen functional groups attached to an aromatic ring is 1. The number of rotatable bonds is 7. The summed E-state index contributed by atoms with van der Waals surface area (Å²) >= 11 is 0. The van der Waals surface area contributed by atoms with Gasteiger partial charge in [-0.15, -0.1) is 0 Å². The zero-order valence-electron chi connectivity index (χ0n) is 11.3. The van der Waals surface area contributed by atoms with Gasteiger partial charge in [0.1, 0.15) is 5.82 Å². The number of aromatic nitrogens is 3. The second-order valence-electron chi connectivity index (χ2n) is 5.10. The van der Waals surface area contributed by atoms with Gasteiger partial charge in [-0.2, -0.15) is 4.98 Å². The van der Waals surface area contributed by atoms with Crippen molar-refractivity contribution in [3.63, 3.8) is 0 Å². The fraction of sp³-hybridized carbons (Fsp3) is 0.429. The number of aromatic amines is 1. The summed E-state index contributed by atoms with van der Waals surface area (Å²) in [6.07, 6.45) is 6.87. The molecule has 0 radical (unpaired) electrons. The second kappa shape index (κ2) is 5.81. The molecule has 106 valence electrons. The molecule has 0 bridgehead atoms. The molecule has 0 aromatic carbocycles. The molecule has 20 heavy (non-hydrogen) atoms. The van der Waals surface area contributed by atoms with Crippen LogP contribution in [0.1, 0.15) is 18.5 Å². The van der Waals surface area contributed by atoms with Crippen molar-refractivity contribution in [1.82, 2.24) is 15.0 Å². The summed E-state index contributed by atoms with van der Waals surface area (Å²) in [5, 5.41) is 3.26. The first-order valence-corrected chi connectivity index (χ1v) is 6.91. The largest absolute Gasteiger partial charge is 0.476 e. The van der Waals surface area contributed by atoms with Crippen molar-refractivity contribution in [3.8, 4) is 5.88 Å². The highest BCUT2D eigenvalue weighted by Crippen LogP contribution is 2.30. The highest BCUT2D eigenvalue weighted by Gasteiger charge is 2.22. The molecule has 0 unspecified atom stereocenters. The zero-order valence-corrected chi connectivity index (χ0v) is 11.3. The molecule has 4 N–H and O–H groups in total. The van der Waals surface area contributed by atoms with Crippen LogP contribution >= 0.6 is 0 Å². The van der Waals surface area contributed by atoms with E-state index in [4.69, 9.17) is 10.5 Å². The summed E-state index contributed by atoms with van der Waals surface area (Å²) in [6, 6.07) is 3.69. The first-order valence-electron chi connectivity index (χ1n) is 6.91. The highest BCUT2D eigenvalue weighted by molar-refractivity contribution is 5.53. The first-order chi connectivity index (χ1) is 9.81. The number of imidazole rings is 1. The molecule has 0 amide bonds. The third-order valence-corrected chi connectivity index (χ3v) is 3.30. The molecule has 1 fully saturated rings. The van der Waals surface area contributed by atoms with Gasteiger partial charge in [-0.05, 0) is 30.9 Å². The van der Waals surface area contributed by atoms with Crippen LogP contribution in [0.4, 0.5) is 11.5 Å².